The Balaban J connectivity index is 1.76. The third-order valence-corrected chi connectivity index (χ3v) is 3.16. The highest BCUT2D eigenvalue weighted by Crippen LogP contribution is 2.10. The van der Waals surface area contributed by atoms with Crippen molar-refractivity contribution in [2.24, 2.45) is 0 Å². The molecule has 0 bridgehead atoms. The average Bonchev–Trinajstić information content (AvgIpc) is 2.51. The van der Waals surface area contributed by atoms with Gasteiger partial charge < -0.3 is 15.7 Å². The molecule has 0 atom stereocenters. The second-order valence-corrected chi connectivity index (χ2v) is 5.01. The van der Waals surface area contributed by atoms with Gasteiger partial charge in [-0.1, -0.05) is 17.7 Å². The molecule has 2 amide bonds. The number of phenolic OH excluding ortho intramolecular Hbond substituents is 1. The van der Waals surface area contributed by atoms with Gasteiger partial charge in [0.05, 0.1) is 0 Å². The highest BCUT2D eigenvalue weighted by atomic mass is 35.5. The SMILES string of the molecule is O=C(NCCNC(=O)c1cccc(O)c1)c1ccc(Cl)cc1. The number of carbonyl (C=O) groups is 2. The van der Waals surface area contributed by atoms with Gasteiger partial charge in [0.1, 0.15) is 5.75 Å². The Kier molecular flexibility index (Phi) is 5.38. The first-order valence-electron chi connectivity index (χ1n) is 6.67. The van der Waals surface area contributed by atoms with E-state index in [9.17, 15) is 14.7 Å². The number of hydrogen-bond donors (Lipinski definition) is 3. The molecule has 0 aromatic heterocycles. The van der Waals surface area contributed by atoms with Crippen molar-refractivity contribution in [1.82, 2.24) is 10.6 Å². The van der Waals surface area contributed by atoms with Gasteiger partial charge >= 0.3 is 0 Å². The van der Waals surface area contributed by atoms with Crippen molar-refractivity contribution < 1.29 is 14.7 Å². The van der Waals surface area contributed by atoms with Gasteiger partial charge in [0.15, 0.2) is 0 Å². The smallest absolute Gasteiger partial charge is 0.251 e. The number of amides is 2. The minimum atomic E-state index is -0.309. The summed E-state index contributed by atoms with van der Waals surface area (Å²) in [4.78, 5) is 23.6. The summed E-state index contributed by atoms with van der Waals surface area (Å²) >= 11 is 5.75. The fourth-order valence-corrected chi connectivity index (χ4v) is 1.93. The van der Waals surface area contributed by atoms with Gasteiger partial charge in [0.2, 0.25) is 0 Å². The molecule has 6 heteroatoms. The van der Waals surface area contributed by atoms with Crippen molar-refractivity contribution in [3.05, 3.63) is 64.7 Å². The van der Waals surface area contributed by atoms with Crippen molar-refractivity contribution in [2.45, 2.75) is 0 Å². The highest BCUT2D eigenvalue weighted by Gasteiger charge is 2.07. The molecule has 2 rings (SSSR count). The van der Waals surface area contributed by atoms with Crippen LogP contribution in [0, 0.1) is 0 Å². The Morgan fingerprint density at radius 3 is 2.09 bits per heavy atom. The minimum Gasteiger partial charge on any atom is -0.508 e. The molecular weight excluding hydrogens is 304 g/mol. The minimum absolute atomic E-state index is 0.0312. The quantitative estimate of drug-likeness (QED) is 0.740. The fraction of sp³-hybridized carbons (Fsp3) is 0.125. The van der Waals surface area contributed by atoms with Crippen LogP contribution in [-0.4, -0.2) is 30.0 Å². The zero-order chi connectivity index (χ0) is 15.9. The lowest BCUT2D eigenvalue weighted by atomic mass is 10.2. The molecule has 114 valence electrons. The van der Waals surface area contributed by atoms with E-state index >= 15 is 0 Å². The maximum absolute atomic E-state index is 11.8. The summed E-state index contributed by atoms with van der Waals surface area (Å²) < 4.78 is 0. The molecule has 22 heavy (non-hydrogen) atoms. The van der Waals surface area contributed by atoms with Gasteiger partial charge in [0.25, 0.3) is 11.8 Å². The first kappa shape index (κ1) is 15.9. The van der Waals surface area contributed by atoms with Crippen LogP contribution in [-0.2, 0) is 0 Å². The van der Waals surface area contributed by atoms with Gasteiger partial charge in [-0.05, 0) is 42.5 Å². The van der Waals surface area contributed by atoms with Gasteiger partial charge in [-0.2, -0.15) is 0 Å². The van der Waals surface area contributed by atoms with Crippen molar-refractivity contribution in [3.63, 3.8) is 0 Å². The lowest BCUT2D eigenvalue weighted by Gasteiger charge is -2.07. The van der Waals surface area contributed by atoms with E-state index in [1.807, 2.05) is 0 Å². The molecule has 0 heterocycles. The molecular formula is C16H15ClN2O3. The molecule has 0 aliphatic rings. The molecule has 0 fully saturated rings. The van der Waals surface area contributed by atoms with Crippen LogP contribution in [0.5, 0.6) is 5.75 Å². The number of phenols is 1. The number of hydrogen-bond acceptors (Lipinski definition) is 3. The van der Waals surface area contributed by atoms with Crippen molar-refractivity contribution in [1.29, 1.82) is 0 Å². The molecule has 0 saturated carbocycles. The molecule has 0 saturated heterocycles. The zero-order valence-corrected chi connectivity index (χ0v) is 12.4. The summed E-state index contributed by atoms with van der Waals surface area (Å²) in [6.07, 6.45) is 0. The predicted octanol–water partition coefficient (Wildman–Crippen LogP) is 2.21. The van der Waals surface area contributed by atoms with Crippen LogP contribution in [0.25, 0.3) is 0 Å². The Bertz CT molecular complexity index is 671. The third-order valence-electron chi connectivity index (χ3n) is 2.91. The topological polar surface area (TPSA) is 78.4 Å². The van der Waals surface area contributed by atoms with E-state index in [0.717, 1.165) is 0 Å². The van der Waals surface area contributed by atoms with E-state index < -0.39 is 0 Å². The second-order valence-electron chi connectivity index (χ2n) is 4.57. The summed E-state index contributed by atoms with van der Waals surface area (Å²) in [6.45, 7) is 0.583. The molecule has 2 aromatic rings. The summed E-state index contributed by atoms with van der Waals surface area (Å²) in [5.41, 5.74) is 0.868. The third kappa shape index (κ3) is 4.49. The molecule has 0 spiro atoms. The number of halogens is 1. The normalized spacial score (nSPS) is 10.0. The van der Waals surface area contributed by atoms with E-state index in [0.29, 0.717) is 22.7 Å². The van der Waals surface area contributed by atoms with Crippen LogP contribution in [0.4, 0.5) is 0 Å². The molecule has 0 unspecified atom stereocenters. The predicted molar refractivity (Wildman–Crippen MR) is 84.2 cm³/mol. The van der Waals surface area contributed by atoms with Crippen molar-refractivity contribution in [2.75, 3.05) is 13.1 Å². The van der Waals surface area contributed by atoms with E-state index in [4.69, 9.17) is 11.6 Å². The van der Waals surface area contributed by atoms with Crippen LogP contribution >= 0.6 is 11.6 Å². The maximum atomic E-state index is 11.8. The number of rotatable bonds is 5. The molecule has 2 aromatic carbocycles. The standard InChI is InChI=1S/C16H15ClN2O3/c17-13-6-4-11(5-7-13)15(21)18-8-9-19-16(22)12-2-1-3-14(20)10-12/h1-7,10,20H,8-9H2,(H,18,21)(H,19,22). The van der Waals surface area contributed by atoms with Crippen LogP contribution in [0.3, 0.4) is 0 Å². The van der Waals surface area contributed by atoms with Crippen LogP contribution in [0.2, 0.25) is 5.02 Å². The molecule has 0 radical (unpaired) electrons. The van der Waals surface area contributed by atoms with E-state index in [1.54, 1.807) is 36.4 Å². The monoisotopic (exact) mass is 318 g/mol. The van der Waals surface area contributed by atoms with Crippen LogP contribution in [0.1, 0.15) is 20.7 Å². The van der Waals surface area contributed by atoms with Gasteiger partial charge in [-0.25, -0.2) is 0 Å². The summed E-state index contributed by atoms with van der Waals surface area (Å²) in [5.74, 6) is -0.511. The largest absolute Gasteiger partial charge is 0.508 e. The number of benzene rings is 2. The number of nitrogens with one attached hydrogen (secondary N) is 2. The second kappa shape index (κ2) is 7.47. The van der Waals surface area contributed by atoms with Gasteiger partial charge in [-0.3, -0.25) is 9.59 Å². The fourth-order valence-electron chi connectivity index (χ4n) is 1.80. The average molecular weight is 319 g/mol. The molecule has 0 aliphatic heterocycles. The number of aromatic hydroxyl groups is 1. The van der Waals surface area contributed by atoms with E-state index in [1.165, 1.54) is 12.1 Å². The summed E-state index contributed by atoms with van der Waals surface area (Å²) in [7, 11) is 0. The van der Waals surface area contributed by atoms with Crippen molar-refractivity contribution in [3.8, 4) is 5.75 Å². The highest BCUT2D eigenvalue weighted by molar-refractivity contribution is 6.30. The molecule has 0 aliphatic carbocycles. The first-order valence-corrected chi connectivity index (χ1v) is 7.05. The van der Waals surface area contributed by atoms with Gasteiger partial charge in [-0.15, -0.1) is 0 Å². The zero-order valence-electron chi connectivity index (χ0n) is 11.7. The molecule has 3 N–H and O–H groups in total. The lowest BCUT2D eigenvalue weighted by molar-refractivity contribution is 0.0927. The Labute approximate surface area is 132 Å². The lowest BCUT2D eigenvalue weighted by Crippen LogP contribution is -2.34. The maximum Gasteiger partial charge on any atom is 0.251 e. The molecule has 5 nitrogen and oxygen atoms in total. The van der Waals surface area contributed by atoms with Gasteiger partial charge in [0, 0.05) is 29.2 Å². The summed E-state index contributed by atoms with van der Waals surface area (Å²) in [5, 5.41) is 15.2. The summed E-state index contributed by atoms with van der Waals surface area (Å²) in [6, 6.07) is 12.6. The Morgan fingerprint density at radius 2 is 1.50 bits per heavy atom. The first-order chi connectivity index (χ1) is 10.6. The Hall–Kier alpha value is -2.53. The van der Waals surface area contributed by atoms with E-state index in [-0.39, 0.29) is 24.1 Å². The Morgan fingerprint density at radius 1 is 0.909 bits per heavy atom. The van der Waals surface area contributed by atoms with E-state index in [2.05, 4.69) is 10.6 Å². The van der Waals surface area contributed by atoms with Crippen molar-refractivity contribution >= 4 is 23.4 Å². The van der Waals surface area contributed by atoms with Crippen LogP contribution in [0.15, 0.2) is 48.5 Å². The number of carbonyl (C=O) groups excluding carboxylic acids is 2. The van der Waals surface area contributed by atoms with Crippen LogP contribution < -0.4 is 10.6 Å².